The van der Waals surface area contributed by atoms with Crippen LogP contribution in [0.1, 0.15) is 11.3 Å². The summed E-state index contributed by atoms with van der Waals surface area (Å²) in [6.07, 6.45) is 3.12. The van der Waals surface area contributed by atoms with E-state index in [0.717, 1.165) is 17.0 Å². The Hall–Kier alpha value is -1.84. The minimum atomic E-state index is -0.465. The first-order valence-corrected chi connectivity index (χ1v) is 5.02. The highest BCUT2D eigenvalue weighted by atomic mass is 19.1. The summed E-state index contributed by atoms with van der Waals surface area (Å²) in [7, 11) is 1.90. The molecule has 0 amide bonds. The predicted octanol–water partition coefficient (Wildman–Crippen LogP) is 2.76. The maximum atomic E-state index is 12.9. The molecule has 0 aliphatic rings. The number of anilines is 1. The first-order chi connectivity index (χ1) is 7.66. The molecule has 3 nitrogen and oxygen atoms in total. The molecule has 0 unspecified atom stereocenters. The van der Waals surface area contributed by atoms with Gasteiger partial charge in [-0.25, -0.2) is 4.98 Å². The van der Waals surface area contributed by atoms with Gasteiger partial charge in [-0.05, 0) is 19.1 Å². The molecule has 0 aliphatic carbocycles. The second kappa shape index (κ2) is 4.35. The van der Waals surface area contributed by atoms with E-state index < -0.39 is 5.95 Å². The predicted molar refractivity (Wildman–Crippen MR) is 59.7 cm³/mol. The van der Waals surface area contributed by atoms with Crippen molar-refractivity contribution in [3.8, 4) is 0 Å². The Balaban J connectivity index is 2.14. The standard InChI is InChI=1S/C12H13FN2O/c1-9-10(4-6-16-9)8-15(2)11-3-5-14-12(13)7-11/h3-7H,8H2,1-2H3. The molecule has 0 aliphatic heterocycles. The van der Waals surface area contributed by atoms with Crippen LogP contribution in [0.4, 0.5) is 10.1 Å². The molecule has 0 atom stereocenters. The number of rotatable bonds is 3. The van der Waals surface area contributed by atoms with Crippen LogP contribution >= 0.6 is 0 Å². The summed E-state index contributed by atoms with van der Waals surface area (Å²) < 4.78 is 18.1. The third-order valence-electron chi connectivity index (χ3n) is 2.52. The molecular formula is C12H13FN2O. The van der Waals surface area contributed by atoms with E-state index in [4.69, 9.17) is 4.42 Å². The summed E-state index contributed by atoms with van der Waals surface area (Å²) in [5.41, 5.74) is 1.90. The first-order valence-electron chi connectivity index (χ1n) is 5.02. The zero-order valence-corrected chi connectivity index (χ0v) is 9.27. The van der Waals surface area contributed by atoms with E-state index in [-0.39, 0.29) is 0 Å². The molecule has 2 aromatic heterocycles. The van der Waals surface area contributed by atoms with Crippen molar-refractivity contribution in [2.75, 3.05) is 11.9 Å². The number of halogens is 1. The smallest absolute Gasteiger partial charge is 0.214 e. The topological polar surface area (TPSA) is 29.3 Å². The van der Waals surface area contributed by atoms with E-state index in [2.05, 4.69) is 4.98 Å². The van der Waals surface area contributed by atoms with Gasteiger partial charge in [-0.1, -0.05) is 0 Å². The van der Waals surface area contributed by atoms with Gasteiger partial charge in [0.2, 0.25) is 5.95 Å². The van der Waals surface area contributed by atoms with Gasteiger partial charge in [0, 0.05) is 37.1 Å². The number of nitrogens with zero attached hydrogens (tertiary/aromatic N) is 2. The van der Waals surface area contributed by atoms with Crippen molar-refractivity contribution >= 4 is 5.69 Å². The highest BCUT2D eigenvalue weighted by Crippen LogP contribution is 2.17. The van der Waals surface area contributed by atoms with E-state index >= 15 is 0 Å². The summed E-state index contributed by atoms with van der Waals surface area (Å²) in [5, 5.41) is 0. The van der Waals surface area contributed by atoms with E-state index in [1.54, 1.807) is 12.3 Å². The molecule has 0 aromatic carbocycles. The molecule has 0 bridgehead atoms. The molecule has 4 heteroatoms. The maximum absolute atomic E-state index is 12.9. The van der Waals surface area contributed by atoms with Crippen LogP contribution in [0.5, 0.6) is 0 Å². The zero-order chi connectivity index (χ0) is 11.5. The summed E-state index contributed by atoms with van der Waals surface area (Å²) in [4.78, 5) is 5.47. The number of hydrogen-bond acceptors (Lipinski definition) is 3. The molecule has 0 spiro atoms. The Labute approximate surface area is 93.5 Å². The Kier molecular flexibility index (Phi) is 2.90. The number of furan rings is 1. The quantitative estimate of drug-likeness (QED) is 0.745. The molecule has 0 N–H and O–H groups in total. The van der Waals surface area contributed by atoms with Gasteiger partial charge in [-0.2, -0.15) is 4.39 Å². The molecule has 0 saturated carbocycles. The highest BCUT2D eigenvalue weighted by Gasteiger charge is 2.07. The van der Waals surface area contributed by atoms with Crippen molar-refractivity contribution < 1.29 is 8.81 Å². The monoisotopic (exact) mass is 220 g/mol. The normalized spacial score (nSPS) is 10.4. The Bertz CT molecular complexity index is 481. The molecular weight excluding hydrogens is 207 g/mol. The fourth-order valence-electron chi connectivity index (χ4n) is 1.55. The molecule has 0 radical (unpaired) electrons. The highest BCUT2D eigenvalue weighted by molar-refractivity contribution is 5.44. The Morgan fingerprint density at radius 2 is 2.25 bits per heavy atom. The van der Waals surface area contributed by atoms with Crippen LogP contribution in [0.15, 0.2) is 35.1 Å². The van der Waals surface area contributed by atoms with Crippen molar-refractivity contribution in [3.05, 3.63) is 47.9 Å². The molecule has 2 aromatic rings. The van der Waals surface area contributed by atoms with Crippen molar-refractivity contribution in [1.82, 2.24) is 4.98 Å². The lowest BCUT2D eigenvalue weighted by molar-refractivity contribution is 0.529. The summed E-state index contributed by atoms with van der Waals surface area (Å²) in [6, 6.07) is 5.11. The van der Waals surface area contributed by atoms with Crippen molar-refractivity contribution in [1.29, 1.82) is 0 Å². The fraction of sp³-hybridized carbons (Fsp3) is 0.250. The van der Waals surface area contributed by atoms with Crippen LogP contribution in [-0.2, 0) is 6.54 Å². The lowest BCUT2D eigenvalue weighted by Gasteiger charge is -2.18. The minimum Gasteiger partial charge on any atom is -0.469 e. The van der Waals surface area contributed by atoms with Gasteiger partial charge in [0.1, 0.15) is 5.76 Å². The molecule has 84 valence electrons. The third-order valence-corrected chi connectivity index (χ3v) is 2.52. The minimum absolute atomic E-state index is 0.465. The summed E-state index contributed by atoms with van der Waals surface area (Å²) >= 11 is 0. The van der Waals surface area contributed by atoms with Gasteiger partial charge in [0.25, 0.3) is 0 Å². The largest absolute Gasteiger partial charge is 0.469 e. The van der Waals surface area contributed by atoms with E-state index in [9.17, 15) is 4.39 Å². The molecule has 16 heavy (non-hydrogen) atoms. The summed E-state index contributed by atoms with van der Waals surface area (Å²) in [6.45, 7) is 2.60. The lowest BCUT2D eigenvalue weighted by atomic mass is 10.2. The van der Waals surface area contributed by atoms with Gasteiger partial charge in [-0.15, -0.1) is 0 Å². The second-order valence-corrected chi connectivity index (χ2v) is 3.69. The second-order valence-electron chi connectivity index (χ2n) is 3.69. The van der Waals surface area contributed by atoms with Crippen LogP contribution in [0.25, 0.3) is 0 Å². The van der Waals surface area contributed by atoms with Crippen molar-refractivity contribution in [3.63, 3.8) is 0 Å². The van der Waals surface area contributed by atoms with E-state index in [0.29, 0.717) is 6.54 Å². The van der Waals surface area contributed by atoms with Crippen LogP contribution < -0.4 is 4.90 Å². The number of pyridine rings is 1. The molecule has 2 heterocycles. The molecule has 0 saturated heterocycles. The zero-order valence-electron chi connectivity index (χ0n) is 9.27. The number of aryl methyl sites for hydroxylation is 1. The van der Waals surface area contributed by atoms with Gasteiger partial charge in [0.15, 0.2) is 0 Å². The molecule has 2 rings (SSSR count). The first kappa shape index (κ1) is 10.7. The molecule has 0 fully saturated rings. The van der Waals surface area contributed by atoms with Crippen molar-refractivity contribution in [2.45, 2.75) is 13.5 Å². The van der Waals surface area contributed by atoms with E-state index in [1.807, 2.05) is 24.9 Å². The number of hydrogen-bond donors (Lipinski definition) is 0. The van der Waals surface area contributed by atoms with Crippen LogP contribution in [0.2, 0.25) is 0 Å². The summed E-state index contributed by atoms with van der Waals surface area (Å²) in [5.74, 6) is 0.426. The van der Waals surface area contributed by atoms with E-state index in [1.165, 1.54) is 12.3 Å². The third kappa shape index (κ3) is 2.21. The SMILES string of the molecule is Cc1occc1CN(C)c1ccnc(F)c1. The average molecular weight is 220 g/mol. The number of aromatic nitrogens is 1. The fourth-order valence-corrected chi connectivity index (χ4v) is 1.55. The van der Waals surface area contributed by atoms with Gasteiger partial charge in [0.05, 0.1) is 6.26 Å². The average Bonchev–Trinajstić information content (AvgIpc) is 2.64. The lowest BCUT2D eigenvalue weighted by Crippen LogP contribution is -2.16. The Morgan fingerprint density at radius 1 is 1.44 bits per heavy atom. The van der Waals surface area contributed by atoms with Crippen LogP contribution in [0, 0.1) is 12.9 Å². The van der Waals surface area contributed by atoms with Crippen molar-refractivity contribution in [2.24, 2.45) is 0 Å². The van der Waals surface area contributed by atoms with Gasteiger partial charge in [-0.3, -0.25) is 0 Å². The van der Waals surface area contributed by atoms with Crippen LogP contribution in [0.3, 0.4) is 0 Å². The van der Waals surface area contributed by atoms with Gasteiger partial charge >= 0.3 is 0 Å². The van der Waals surface area contributed by atoms with Gasteiger partial charge < -0.3 is 9.32 Å². The maximum Gasteiger partial charge on any atom is 0.214 e. The Morgan fingerprint density at radius 3 is 2.88 bits per heavy atom. The van der Waals surface area contributed by atoms with Crippen LogP contribution in [-0.4, -0.2) is 12.0 Å².